The van der Waals surface area contributed by atoms with Gasteiger partial charge in [0.05, 0.1) is 36.4 Å². The van der Waals surface area contributed by atoms with Gasteiger partial charge in [0.2, 0.25) is 0 Å². The van der Waals surface area contributed by atoms with E-state index in [1.165, 1.54) is 13.1 Å². The minimum Gasteiger partial charge on any atom is -0.384 e. The van der Waals surface area contributed by atoms with E-state index in [9.17, 15) is 13.6 Å². The number of hydrogen-bond acceptors (Lipinski definition) is 6. The number of alkyl halides is 2. The molecule has 7 nitrogen and oxygen atoms in total. The Hall–Kier alpha value is -3.36. The Labute approximate surface area is 173 Å². The van der Waals surface area contributed by atoms with Crippen molar-refractivity contribution in [2.45, 2.75) is 32.6 Å². The molecule has 158 valence electrons. The molecule has 3 rings (SSSR count). The lowest BCUT2D eigenvalue weighted by Crippen LogP contribution is -2.59. The first-order valence-electron chi connectivity index (χ1n) is 9.66. The third kappa shape index (κ3) is 4.97. The number of amides is 1. The second-order valence-electron chi connectivity index (χ2n) is 7.05. The average molecular weight is 414 g/mol. The van der Waals surface area contributed by atoms with Gasteiger partial charge in [0.15, 0.2) is 0 Å². The lowest BCUT2D eigenvalue weighted by molar-refractivity contribution is -0.159. The minimum absolute atomic E-state index is 0.0839. The molecule has 2 aromatic heterocycles. The molecule has 0 atom stereocenters. The number of aromatic nitrogens is 2. The SMILES string of the molecule is CCC/C=C(\c1ccccn1)N(/N=C(\C)C(=O)N1CC(F)(F)C1)c1ccc(N)nc1. The topological polar surface area (TPSA) is 87.7 Å². The Bertz CT molecular complexity index is 936. The number of pyridine rings is 2. The van der Waals surface area contributed by atoms with Crippen LogP contribution in [0.15, 0.2) is 53.9 Å². The van der Waals surface area contributed by atoms with Crippen molar-refractivity contribution in [1.29, 1.82) is 0 Å². The van der Waals surface area contributed by atoms with Crippen molar-refractivity contribution in [3.63, 3.8) is 0 Å². The third-order valence-electron chi connectivity index (χ3n) is 4.49. The summed E-state index contributed by atoms with van der Waals surface area (Å²) in [7, 11) is 0. The highest BCUT2D eigenvalue weighted by atomic mass is 19.3. The van der Waals surface area contributed by atoms with E-state index in [0.717, 1.165) is 17.7 Å². The number of carbonyl (C=O) groups is 1. The van der Waals surface area contributed by atoms with Gasteiger partial charge in [-0.05, 0) is 37.6 Å². The van der Waals surface area contributed by atoms with Gasteiger partial charge >= 0.3 is 0 Å². The molecule has 0 unspecified atom stereocenters. The quantitative estimate of drug-likeness (QED) is 0.553. The van der Waals surface area contributed by atoms with E-state index >= 15 is 0 Å². The first kappa shape index (κ1) is 21.4. The maximum Gasteiger partial charge on any atom is 0.282 e. The summed E-state index contributed by atoms with van der Waals surface area (Å²) < 4.78 is 26.4. The predicted octanol–water partition coefficient (Wildman–Crippen LogP) is 3.56. The number of likely N-dealkylation sites (tertiary alicyclic amines) is 1. The van der Waals surface area contributed by atoms with Crippen molar-refractivity contribution in [2.24, 2.45) is 5.10 Å². The standard InChI is InChI=1S/C21H24F2N6O/c1-3-4-8-18(17-7-5-6-11-25-17)29(16-9-10-19(24)26-12-16)27-15(2)20(30)28-13-21(22,23)14-28/h5-12H,3-4,13-14H2,1-2H3,(H2,24,26)/b18-8+,27-15+. The summed E-state index contributed by atoms with van der Waals surface area (Å²) in [5, 5.41) is 6.03. The van der Waals surface area contributed by atoms with Crippen LogP contribution < -0.4 is 10.7 Å². The molecule has 1 saturated heterocycles. The summed E-state index contributed by atoms with van der Waals surface area (Å²) in [5.41, 5.74) is 7.67. The van der Waals surface area contributed by atoms with Crippen LogP contribution in [0.5, 0.6) is 0 Å². The molecule has 1 fully saturated rings. The molecule has 9 heteroatoms. The smallest absolute Gasteiger partial charge is 0.282 e. The highest BCUT2D eigenvalue weighted by Crippen LogP contribution is 2.29. The van der Waals surface area contributed by atoms with E-state index in [1.807, 2.05) is 25.1 Å². The molecule has 0 spiro atoms. The normalized spacial score (nSPS) is 16.2. The highest BCUT2D eigenvalue weighted by Gasteiger charge is 2.46. The molecule has 3 heterocycles. The van der Waals surface area contributed by atoms with E-state index in [4.69, 9.17) is 5.73 Å². The van der Waals surface area contributed by atoms with Crippen LogP contribution >= 0.6 is 0 Å². The first-order chi connectivity index (χ1) is 14.3. The number of rotatable bonds is 7. The Morgan fingerprint density at radius 3 is 2.63 bits per heavy atom. The zero-order valence-electron chi connectivity index (χ0n) is 16.9. The van der Waals surface area contributed by atoms with Crippen molar-refractivity contribution in [2.75, 3.05) is 23.8 Å². The summed E-state index contributed by atoms with van der Waals surface area (Å²) in [5.74, 6) is -3.03. The molecule has 1 aliphatic heterocycles. The Morgan fingerprint density at radius 2 is 2.07 bits per heavy atom. The number of halogens is 2. The Morgan fingerprint density at radius 1 is 1.30 bits per heavy atom. The molecule has 0 bridgehead atoms. The number of nitrogens with two attached hydrogens (primary N) is 1. The molecule has 2 N–H and O–H groups in total. The number of anilines is 2. The van der Waals surface area contributed by atoms with Gasteiger partial charge in [0.1, 0.15) is 11.5 Å². The second-order valence-corrected chi connectivity index (χ2v) is 7.05. The van der Waals surface area contributed by atoms with E-state index in [1.54, 1.807) is 29.4 Å². The van der Waals surface area contributed by atoms with Crippen LogP contribution in [0.3, 0.4) is 0 Å². The van der Waals surface area contributed by atoms with E-state index in [-0.39, 0.29) is 5.71 Å². The molecular weight excluding hydrogens is 390 g/mol. The van der Waals surface area contributed by atoms with Gasteiger partial charge in [-0.25, -0.2) is 18.8 Å². The van der Waals surface area contributed by atoms with Crippen LogP contribution in [0.2, 0.25) is 0 Å². The van der Waals surface area contributed by atoms with Gasteiger partial charge in [0, 0.05) is 6.20 Å². The molecular formula is C21H24F2N6O. The van der Waals surface area contributed by atoms with Crippen LogP contribution in [-0.2, 0) is 4.79 Å². The number of hydrogen-bond donors (Lipinski definition) is 1. The van der Waals surface area contributed by atoms with Gasteiger partial charge in [0.25, 0.3) is 11.8 Å². The van der Waals surface area contributed by atoms with Crippen molar-refractivity contribution in [1.82, 2.24) is 14.9 Å². The van der Waals surface area contributed by atoms with Gasteiger partial charge in [-0.1, -0.05) is 25.5 Å². The third-order valence-corrected chi connectivity index (χ3v) is 4.49. The van der Waals surface area contributed by atoms with Crippen molar-refractivity contribution in [3.8, 4) is 0 Å². The number of allylic oxidation sites excluding steroid dienone is 1. The lowest BCUT2D eigenvalue weighted by Gasteiger charge is -2.38. The summed E-state index contributed by atoms with van der Waals surface area (Å²) in [6, 6.07) is 8.84. The fourth-order valence-corrected chi connectivity index (χ4v) is 2.95. The fraction of sp³-hybridized carbons (Fsp3) is 0.333. The van der Waals surface area contributed by atoms with E-state index in [2.05, 4.69) is 15.1 Å². The van der Waals surface area contributed by atoms with Gasteiger partial charge in [-0.15, -0.1) is 0 Å². The van der Waals surface area contributed by atoms with Crippen molar-refractivity contribution >= 4 is 28.8 Å². The second kappa shape index (κ2) is 8.98. The average Bonchev–Trinajstić information content (AvgIpc) is 2.72. The van der Waals surface area contributed by atoms with E-state index in [0.29, 0.717) is 22.9 Å². The van der Waals surface area contributed by atoms with Gasteiger partial charge in [-0.3, -0.25) is 9.78 Å². The fourth-order valence-electron chi connectivity index (χ4n) is 2.95. The van der Waals surface area contributed by atoms with Gasteiger partial charge < -0.3 is 10.6 Å². The van der Waals surface area contributed by atoms with E-state index < -0.39 is 24.9 Å². The van der Waals surface area contributed by atoms with Crippen molar-refractivity contribution in [3.05, 3.63) is 54.5 Å². The summed E-state index contributed by atoms with van der Waals surface area (Å²) >= 11 is 0. The summed E-state index contributed by atoms with van der Waals surface area (Å²) in [4.78, 5) is 22.2. The molecule has 2 aromatic rings. The van der Waals surface area contributed by atoms with Crippen LogP contribution in [-0.4, -0.2) is 45.5 Å². The zero-order valence-corrected chi connectivity index (χ0v) is 16.9. The number of carbonyl (C=O) groups excluding carboxylic acids is 1. The maximum atomic E-state index is 13.2. The number of nitrogen functional groups attached to an aromatic ring is 1. The largest absolute Gasteiger partial charge is 0.384 e. The van der Waals surface area contributed by atoms with Crippen molar-refractivity contribution < 1.29 is 13.6 Å². The molecule has 0 saturated carbocycles. The number of unbranched alkanes of at least 4 members (excludes halogenated alkanes) is 1. The molecule has 0 aliphatic carbocycles. The highest BCUT2D eigenvalue weighted by molar-refractivity contribution is 6.38. The minimum atomic E-state index is -2.84. The van der Waals surface area contributed by atoms with Crippen LogP contribution in [0.4, 0.5) is 20.3 Å². The molecule has 0 radical (unpaired) electrons. The number of nitrogens with zero attached hydrogens (tertiary/aromatic N) is 5. The number of hydrazone groups is 1. The molecule has 1 amide bonds. The lowest BCUT2D eigenvalue weighted by atomic mass is 10.1. The Kier molecular flexibility index (Phi) is 6.39. The monoisotopic (exact) mass is 414 g/mol. The van der Waals surface area contributed by atoms with Crippen LogP contribution in [0.1, 0.15) is 32.4 Å². The summed E-state index contributed by atoms with van der Waals surface area (Å²) in [6.45, 7) is 2.36. The van der Waals surface area contributed by atoms with Gasteiger partial charge in [-0.2, -0.15) is 5.10 Å². The zero-order chi connectivity index (χ0) is 21.7. The first-order valence-corrected chi connectivity index (χ1v) is 9.66. The Balaban J connectivity index is 2.01. The summed E-state index contributed by atoms with van der Waals surface area (Å²) in [6.07, 6.45) is 6.83. The van der Waals surface area contributed by atoms with Crippen LogP contribution in [0.25, 0.3) is 5.70 Å². The predicted molar refractivity (Wildman–Crippen MR) is 113 cm³/mol. The molecule has 1 aliphatic rings. The molecule has 30 heavy (non-hydrogen) atoms. The maximum absolute atomic E-state index is 13.2. The van der Waals surface area contributed by atoms with Crippen LogP contribution in [0, 0.1) is 0 Å². The molecule has 0 aromatic carbocycles.